The predicted molar refractivity (Wildman–Crippen MR) is 166 cm³/mol. The fraction of sp³-hybridized carbons (Fsp3) is 0.529. The molecule has 5 rings (SSSR count). The van der Waals surface area contributed by atoms with E-state index < -0.39 is 5.66 Å². The summed E-state index contributed by atoms with van der Waals surface area (Å²) in [5.74, 6) is 1.41. The molecule has 9 nitrogen and oxygen atoms in total. The van der Waals surface area contributed by atoms with E-state index in [0.29, 0.717) is 41.2 Å². The van der Waals surface area contributed by atoms with Crippen molar-refractivity contribution in [2.75, 3.05) is 13.7 Å². The van der Waals surface area contributed by atoms with Gasteiger partial charge in [-0.2, -0.15) is 0 Å². The number of carbonyl (C=O) groups excluding carboxylic acids is 2. The molecule has 2 aliphatic heterocycles. The van der Waals surface area contributed by atoms with Crippen LogP contribution in [-0.4, -0.2) is 46.7 Å². The average molecular weight is 584 g/mol. The summed E-state index contributed by atoms with van der Waals surface area (Å²) in [6.45, 7) is 11.5. The fourth-order valence-electron chi connectivity index (χ4n) is 6.36. The highest BCUT2D eigenvalue weighted by atomic mass is 16.5. The number of amides is 2. The van der Waals surface area contributed by atoms with E-state index in [1.807, 2.05) is 30.3 Å². The Bertz CT molecular complexity index is 1430. The highest BCUT2D eigenvalue weighted by Crippen LogP contribution is 2.48. The Kier molecular flexibility index (Phi) is 8.74. The number of aliphatic imine (C=N–C) groups is 1. The number of ether oxygens (including phenoxy) is 1. The van der Waals surface area contributed by atoms with Crippen molar-refractivity contribution in [3.05, 3.63) is 71.2 Å². The van der Waals surface area contributed by atoms with Gasteiger partial charge in [0.05, 0.1) is 13.2 Å². The molecule has 9 heteroatoms. The maximum atomic E-state index is 14.5. The van der Waals surface area contributed by atoms with Gasteiger partial charge < -0.3 is 15.0 Å². The molecule has 1 fully saturated rings. The summed E-state index contributed by atoms with van der Waals surface area (Å²) in [5, 5.41) is 10.2. The maximum Gasteiger partial charge on any atom is 0.451 e. The summed E-state index contributed by atoms with van der Waals surface area (Å²) in [6, 6.07) is 11.1. The lowest BCUT2D eigenvalue weighted by atomic mass is 9.75. The highest BCUT2D eigenvalue weighted by molar-refractivity contribution is 6.46. The molecule has 43 heavy (non-hydrogen) atoms. The SMILES string of the molecule is COc1cc(C2=NC3(CCC(C(C)C)CC3)N(C(CCC(C)(C)C)c3ccc(C(=O)NCC4=[C+]N=N4)cc3)C2=O)ccn1. The molecular formula is C34H43N6O3+. The zero-order chi connectivity index (χ0) is 30.8. The first-order chi connectivity index (χ1) is 20.5. The second-order valence-electron chi connectivity index (χ2n) is 13.5. The van der Waals surface area contributed by atoms with Crippen LogP contribution in [0.1, 0.15) is 101 Å². The highest BCUT2D eigenvalue weighted by Gasteiger charge is 2.52. The number of azo groups is 1. The molecule has 0 bridgehead atoms. The lowest BCUT2D eigenvalue weighted by molar-refractivity contribution is -0.133. The van der Waals surface area contributed by atoms with Crippen LogP contribution >= 0.6 is 0 Å². The number of nitrogens with one attached hydrogen (secondary N) is 1. The van der Waals surface area contributed by atoms with Crippen LogP contribution in [0.4, 0.5) is 0 Å². The van der Waals surface area contributed by atoms with Gasteiger partial charge in [-0.25, -0.2) is 4.98 Å². The largest absolute Gasteiger partial charge is 0.481 e. The second-order valence-corrected chi connectivity index (χ2v) is 13.5. The van der Waals surface area contributed by atoms with Crippen LogP contribution < -0.4 is 10.1 Å². The van der Waals surface area contributed by atoms with Crippen molar-refractivity contribution in [1.29, 1.82) is 0 Å². The minimum Gasteiger partial charge on any atom is -0.481 e. The third-order valence-electron chi connectivity index (χ3n) is 8.98. The van der Waals surface area contributed by atoms with E-state index in [2.05, 4.69) is 66.2 Å². The number of carbonyl (C=O) groups is 2. The van der Waals surface area contributed by atoms with E-state index in [-0.39, 0.29) is 23.3 Å². The molecule has 1 N–H and O–H groups in total. The number of hydrogen-bond acceptors (Lipinski definition) is 7. The van der Waals surface area contributed by atoms with Gasteiger partial charge in [0.1, 0.15) is 23.0 Å². The Morgan fingerprint density at radius 3 is 2.44 bits per heavy atom. The number of rotatable bonds is 10. The molecule has 2 aromatic rings. The van der Waals surface area contributed by atoms with Gasteiger partial charge in [0.2, 0.25) is 5.88 Å². The molecule has 1 aliphatic carbocycles. The third-order valence-corrected chi connectivity index (χ3v) is 8.98. The summed E-state index contributed by atoms with van der Waals surface area (Å²) in [5.41, 5.74) is 2.84. The average Bonchev–Trinajstić information content (AvgIpc) is 3.23. The fourth-order valence-corrected chi connectivity index (χ4v) is 6.36. The molecule has 0 saturated heterocycles. The molecule has 226 valence electrons. The van der Waals surface area contributed by atoms with Crippen molar-refractivity contribution in [3.8, 4) is 5.88 Å². The molecule has 0 radical (unpaired) electrons. The topological polar surface area (TPSA) is 109 Å². The smallest absolute Gasteiger partial charge is 0.451 e. The predicted octanol–water partition coefficient (Wildman–Crippen LogP) is 6.67. The zero-order valence-corrected chi connectivity index (χ0v) is 26.2. The van der Waals surface area contributed by atoms with Crippen molar-refractivity contribution in [3.63, 3.8) is 0 Å². The zero-order valence-electron chi connectivity index (χ0n) is 26.2. The van der Waals surface area contributed by atoms with E-state index in [9.17, 15) is 9.59 Å². The van der Waals surface area contributed by atoms with Gasteiger partial charge >= 0.3 is 11.9 Å². The Balaban J connectivity index is 1.50. The minimum atomic E-state index is -0.617. The molecule has 1 aromatic heterocycles. The molecule has 3 aliphatic rings. The summed E-state index contributed by atoms with van der Waals surface area (Å²) in [6.07, 6.45) is 9.77. The molecule has 1 saturated carbocycles. The number of methoxy groups -OCH3 is 1. The maximum absolute atomic E-state index is 14.5. The van der Waals surface area contributed by atoms with Gasteiger partial charge in [-0.05, 0) is 84.7 Å². The number of aromatic nitrogens is 1. The Morgan fingerprint density at radius 2 is 1.86 bits per heavy atom. The summed E-state index contributed by atoms with van der Waals surface area (Å²) in [7, 11) is 1.58. The molecular weight excluding hydrogens is 540 g/mol. The standard InChI is InChI=1S/C34H42N6O3/c1-22(2)23-11-16-34(17-12-23)38-30(26-14-18-35-29(19-26)43-6)32(42)40(34)28(13-15-33(3,4)5)24-7-9-25(10-8-24)31(41)36-20-27-21-37-39-27/h7-10,14,18-19,22-23,28H,11-13,15-17,20H2,1-6H3/p+1. The van der Waals surface area contributed by atoms with E-state index in [1.165, 1.54) is 0 Å². The number of pyridine rings is 1. The monoisotopic (exact) mass is 583 g/mol. The van der Waals surface area contributed by atoms with Gasteiger partial charge in [-0.3, -0.25) is 14.6 Å². The first kappa shape index (κ1) is 30.5. The molecule has 2 amide bonds. The second kappa shape index (κ2) is 12.3. The van der Waals surface area contributed by atoms with Crippen LogP contribution in [0.25, 0.3) is 0 Å². The minimum absolute atomic E-state index is 0.0591. The van der Waals surface area contributed by atoms with E-state index in [4.69, 9.17) is 9.73 Å². The van der Waals surface area contributed by atoms with Gasteiger partial charge in [-0.15, -0.1) is 0 Å². The van der Waals surface area contributed by atoms with Crippen molar-refractivity contribution in [1.82, 2.24) is 15.2 Å². The van der Waals surface area contributed by atoms with Crippen LogP contribution in [0, 0.1) is 23.5 Å². The normalized spacial score (nSPS) is 22.2. The molecule has 3 heterocycles. The Hall–Kier alpha value is -3.97. The summed E-state index contributed by atoms with van der Waals surface area (Å²) in [4.78, 5) is 39.0. The van der Waals surface area contributed by atoms with Crippen LogP contribution in [-0.2, 0) is 4.79 Å². The lowest BCUT2D eigenvalue weighted by Gasteiger charge is -2.46. The number of hydrogen-bond donors (Lipinski definition) is 1. The first-order valence-electron chi connectivity index (χ1n) is 15.3. The molecule has 1 unspecified atom stereocenters. The van der Waals surface area contributed by atoms with Crippen LogP contribution in [0.3, 0.4) is 0 Å². The first-order valence-corrected chi connectivity index (χ1v) is 15.3. The molecule has 1 spiro atoms. The lowest BCUT2D eigenvalue weighted by Crippen LogP contribution is -2.51. The Morgan fingerprint density at radius 1 is 1.16 bits per heavy atom. The number of benzene rings is 1. The van der Waals surface area contributed by atoms with Gasteiger partial charge in [0.15, 0.2) is 0 Å². The van der Waals surface area contributed by atoms with Crippen molar-refractivity contribution in [2.24, 2.45) is 32.5 Å². The van der Waals surface area contributed by atoms with E-state index in [1.54, 1.807) is 19.4 Å². The molecule has 1 aromatic carbocycles. The Labute approximate surface area is 254 Å². The van der Waals surface area contributed by atoms with Crippen LogP contribution in [0.2, 0.25) is 0 Å². The van der Waals surface area contributed by atoms with Gasteiger partial charge in [0, 0.05) is 23.4 Å². The van der Waals surface area contributed by atoms with Crippen molar-refractivity contribution < 1.29 is 14.3 Å². The quantitative estimate of drug-likeness (QED) is 0.315. The van der Waals surface area contributed by atoms with Crippen molar-refractivity contribution in [2.45, 2.75) is 84.8 Å². The third kappa shape index (κ3) is 6.67. The number of nitrogens with zero attached hydrogens (tertiary/aromatic N) is 5. The van der Waals surface area contributed by atoms with Crippen LogP contribution in [0.15, 0.2) is 63.5 Å². The summed E-state index contributed by atoms with van der Waals surface area (Å²) < 4.78 is 5.38. The van der Waals surface area contributed by atoms with Crippen molar-refractivity contribution >= 4 is 17.5 Å². The van der Waals surface area contributed by atoms with Gasteiger partial charge in [0.25, 0.3) is 11.8 Å². The van der Waals surface area contributed by atoms with E-state index >= 15 is 0 Å². The van der Waals surface area contributed by atoms with E-state index in [0.717, 1.165) is 49.7 Å². The summed E-state index contributed by atoms with van der Waals surface area (Å²) >= 11 is 0. The molecule has 1 atom stereocenters. The van der Waals surface area contributed by atoms with Crippen LogP contribution in [0.5, 0.6) is 5.88 Å². The van der Waals surface area contributed by atoms with Gasteiger partial charge in [-0.1, -0.05) is 46.8 Å².